The molecule has 0 aliphatic heterocycles. The molecule has 88 valence electrons. The summed E-state index contributed by atoms with van der Waals surface area (Å²) in [7, 11) is -1.70. The Morgan fingerprint density at radius 3 is 2.50 bits per heavy atom. The van der Waals surface area contributed by atoms with Crippen LogP contribution in [0, 0.1) is 0 Å². The zero-order chi connectivity index (χ0) is 12.1. The quantitative estimate of drug-likeness (QED) is 0.672. The summed E-state index contributed by atoms with van der Waals surface area (Å²) >= 11 is 5.66. The molecule has 1 aromatic rings. The fourth-order valence-electron chi connectivity index (χ4n) is 1.06. The third kappa shape index (κ3) is 3.30. The van der Waals surface area contributed by atoms with Crippen LogP contribution in [0.15, 0.2) is 24.3 Å². The maximum Gasteiger partial charge on any atom is 0.340 e. The smallest absolute Gasteiger partial charge is 0.280 e. The van der Waals surface area contributed by atoms with Crippen LogP contribution in [0.4, 0.5) is 10.5 Å². The molecule has 0 heterocycles. The van der Waals surface area contributed by atoms with Crippen LogP contribution < -0.4 is 5.06 Å². The second kappa shape index (κ2) is 5.98. The number of nitrogens with zero attached hydrogens (tertiary/aromatic N) is 1. The summed E-state index contributed by atoms with van der Waals surface area (Å²) in [5.74, 6) is 0.240. The van der Waals surface area contributed by atoms with E-state index in [9.17, 15) is 14.2 Å². The van der Waals surface area contributed by atoms with Gasteiger partial charge in [-0.05, 0) is 30.7 Å². The molecule has 0 fully saturated rings. The Hall–Kier alpha value is -0.910. The minimum absolute atomic E-state index is 0.240. The fraction of sp³-hybridized carbons (Fsp3) is 0.300. The highest BCUT2D eigenvalue weighted by atomic mass is 35.5. The summed E-state index contributed by atoms with van der Waals surface area (Å²) in [5.41, 5.74) is 0.249. The number of hydrogen-bond acceptors (Lipinski definition) is 3. The molecule has 1 atom stereocenters. The van der Waals surface area contributed by atoms with Gasteiger partial charge in [-0.3, -0.25) is 10.0 Å². The van der Waals surface area contributed by atoms with E-state index in [2.05, 4.69) is 0 Å². The Balaban J connectivity index is 2.77. The van der Waals surface area contributed by atoms with E-state index in [-0.39, 0.29) is 11.4 Å². The van der Waals surface area contributed by atoms with Crippen LogP contribution in [0.1, 0.15) is 13.3 Å². The van der Waals surface area contributed by atoms with Crippen molar-refractivity contribution in [2.24, 2.45) is 0 Å². The van der Waals surface area contributed by atoms with Gasteiger partial charge in [0.1, 0.15) is 10.8 Å². The largest absolute Gasteiger partial charge is 0.340 e. The molecular formula is C10H12ClNO3S. The molecule has 1 N–H and O–H groups in total. The molecular weight excluding hydrogens is 250 g/mol. The minimum atomic E-state index is -1.70. The molecule has 0 saturated heterocycles. The Morgan fingerprint density at radius 1 is 1.44 bits per heavy atom. The number of benzene rings is 1. The molecule has 16 heavy (non-hydrogen) atoms. The van der Waals surface area contributed by atoms with Gasteiger partial charge in [-0.25, -0.2) is 4.21 Å². The van der Waals surface area contributed by atoms with Crippen molar-refractivity contribution in [3.8, 4) is 0 Å². The van der Waals surface area contributed by atoms with Crippen LogP contribution in [0.2, 0.25) is 5.02 Å². The predicted molar refractivity (Wildman–Crippen MR) is 64.4 cm³/mol. The van der Waals surface area contributed by atoms with Crippen molar-refractivity contribution in [2.75, 3.05) is 10.8 Å². The molecule has 0 saturated carbocycles. The van der Waals surface area contributed by atoms with Crippen LogP contribution >= 0.6 is 11.6 Å². The van der Waals surface area contributed by atoms with Crippen molar-refractivity contribution in [1.82, 2.24) is 0 Å². The molecule has 4 nitrogen and oxygen atoms in total. The summed E-state index contributed by atoms with van der Waals surface area (Å²) in [6, 6.07) is 6.03. The van der Waals surface area contributed by atoms with Crippen LogP contribution in [0.5, 0.6) is 0 Å². The van der Waals surface area contributed by atoms with Gasteiger partial charge in [0.05, 0.1) is 5.69 Å². The van der Waals surface area contributed by atoms with Gasteiger partial charge in [-0.1, -0.05) is 18.5 Å². The average molecular weight is 262 g/mol. The van der Waals surface area contributed by atoms with Gasteiger partial charge in [0, 0.05) is 10.8 Å². The van der Waals surface area contributed by atoms with E-state index in [0.717, 1.165) is 0 Å². The van der Waals surface area contributed by atoms with E-state index < -0.39 is 16.0 Å². The zero-order valence-electron chi connectivity index (χ0n) is 8.72. The van der Waals surface area contributed by atoms with Crippen LogP contribution in [0.25, 0.3) is 0 Å². The van der Waals surface area contributed by atoms with E-state index in [0.29, 0.717) is 16.5 Å². The zero-order valence-corrected chi connectivity index (χ0v) is 10.3. The van der Waals surface area contributed by atoms with Gasteiger partial charge in [0.2, 0.25) is 0 Å². The van der Waals surface area contributed by atoms with Gasteiger partial charge in [-0.2, -0.15) is 5.06 Å². The van der Waals surface area contributed by atoms with Crippen molar-refractivity contribution in [3.05, 3.63) is 29.3 Å². The summed E-state index contributed by atoms with van der Waals surface area (Å²) in [4.78, 5) is 11.5. The second-order valence-corrected chi connectivity index (χ2v) is 4.99. The van der Waals surface area contributed by atoms with Crippen LogP contribution in [-0.2, 0) is 10.8 Å². The maximum absolute atomic E-state index is 11.5. The van der Waals surface area contributed by atoms with E-state index in [1.54, 1.807) is 0 Å². The number of carbonyl (C=O) groups is 1. The Morgan fingerprint density at radius 2 is 2.00 bits per heavy atom. The second-order valence-electron chi connectivity index (χ2n) is 3.10. The number of hydrogen-bond donors (Lipinski definition) is 1. The molecule has 0 aromatic heterocycles. The number of halogens is 1. The third-order valence-corrected chi connectivity index (χ3v) is 3.42. The van der Waals surface area contributed by atoms with Crippen molar-refractivity contribution in [1.29, 1.82) is 0 Å². The highest BCUT2D eigenvalue weighted by Gasteiger charge is 2.19. The van der Waals surface area contributed by atoms with Crippen molar-refractivity contribution < 1.29 is 14.2 Å². The normalized spacial score (nSPS) is 12.2. The number of amides is 1. The van der Waals surface area contributed by atoms with Crippen molar-refractivity contribution in [3.63, 3.8) is 0 Å². The number of anilines is 1. The summed E-state index contributed by atoms with van der Waals surface area (Å²) in [6.07, 6.45) is 0.618. The molecule has 1 unspecified atom stereocenters. The molecule has 6 heteroatoms. The highest BCUT2D eigenvalue weighted by molar-refractivity contribution is 8.00. The van der Waals surface area contributed by atoms with Crippen molar-refractivity contribution in [2.45, 2.75) is 13.3 Å². The molecule has 0 bridgehead atoms. The van der Waals surface area contributed by atoms with Gasteiger partial charge >= 0.3 is 5.24 Å². The first kappa shape index (κ1) is 13.2. The predicted octanol–water partition coefficient (Wildman–Crippen LogP) is 2.81. The average Bonchev–Trinajstić information content (AvgIpc) is 2.28. The first-order valence-electron chi connectivity index (χ1n) is 4.73. The lowest BCUT2D eigenvalue weighted by Crippen LogP contribution is -2.30. The molecule has 1 rings (SSSR count). The Kier molecular flexibility index (Phi) is 4.92. The van der Waals surface area contributed by atoms with Crippen LogP contribution in [-0.4, -0.2) is 20.4 Å². The Bertz CT molecular complexity index is 394. The fourth-order valence-corrected chi connectivity index (χ4v) is 2.03. The first-order valence-corrected chi connectivity index (χ1v) is 6.43. The highest BCUT2D eigenvalue weighted by Crippen LogP contribution is 2.17. The van der Waals surface area contributed by atoms with Gasteiger partial charge in [0.25, 0.3) is 0 Å². The number of rotatable bonds is 3. The molecule has 0 aliphatic carbocycles. The number of carbonyl (C=O) groups excluding carboxylic acids is 1. The molecule has 0 aliphatic rings. The van der Waals surface area contributed by atoms with E-state index in [1.165, 1.54) is 24.3 Å². The van der Waals surface area contributed by atoms with Gasteiger partial charge in [0.15, 0.2) is 0 Å². The molecule has 0 spiro atoms. The van der Waals surface area contributed by atoms with Gasteiger partial charge in [-0.15, -0.1) is 0 Å². The molecule has 0 radical (unpaired) electrons. The van der Waals surface area contributed by atoms with Crippen LogP contribution in [0.3, 0.4) is 0 Å². The van der Waals surface area contributed by atoms with Crippen molar-refractivity contribution >= 4 is 33.3 Å². The summed E-state index contributed by atoms with van der Waals surface area (Å²) in [6.45, 7) is 1.81. The summed E-state index contributed by atoms with van der Waals surface area (Å²) in [5, 5.41) is 9.60. The molecule has 1 amide bonds. The first-order chi connectivity index (χ1) is 7.56. The lowest BCUT2D eigenvalue weighted by Gasteiger charge is -2.13. The monoisotopic (exact) mass is 261 g/mol. The lowest BCUT2D eigenvalue weighted by molar-refractivity contribution is 0.224. The third-order valence-electron chi connectivity index (χ3n) is 1.83. The topological polar surface area (TPSA) is 57.6 Å². The number of hydroxylamine groups is 1. The summed E-state index contributed by atoms with van der Waals surface area (Å²) < 4.78 is 11.4. The van der Waals surface area contributed by atoms with Gasteiger partial charge < -0.3 is 0 Å². The van der Waals surface area contributed by atoms with E-state index in [4.69, 9.17) is 11.6 Å². The minimum Gasteiger partial charge on any atom is -0.280 e. The maximum atomic E-state index is 11.5. The SMILES string of the molecule is CCCS(=O)C(=O)N(O)c1ccc(Cl)cc1. The molecule has 1 aromatic carbocycles. The standard InChI is InChI=1S/C10H12ClNO3S/c1-2-7-16(15)10(13)12(14)9-5-3-8(11)4-6-9/h3-6,14H,2,7H2,1H3. The lowest BCUT2D eigenvalue weighted by atomic mass is 10.3. The Labute approximate surface area is 101 Å². The van der Waals surface area contributed by atoms with E-state index in [1.807, 2.05) is 6.92 Å². The van der Waals surface area contributed by atoms with E-state index >= 15 is 0 Å².